The van der Waals surface area contributed by atoms with Crippen LogP contribution in [0.4, 0.5) is 0 Å². The molecule has 0 spiro atoms. The summed E-state index contributed by atoms with van der Waals surface area (Å²) < 4.78 is 5.84. The van der Waals surface area contributed by atoms with Gasteiger partial charge in [0.05, 0.1) is 17.2 Å². The largest absolute Gasteiger partial charge is 0.461 e. The Morgan fingerprint density at radius 3 is 2.84 bits per heavy atom. The molecular formula is C18H23IN4OS. The molecule has 3 rings (SSSR count). The number of halogens is 1. The Hall–Kier alpha value is -1.61. The van der Waals surface area contributed by atoms with Gasteiger partial charge in [-0.2, -0.15) is 0 Å². The number of para-hydroxylation sites is 1. The molecule has 134 valence electrons. The van der Waals surface area contributed by atoms with Crippen molar-refractivity contribution in [1.82, 2.24) is 15.2 Å². The first-order chi connectivity index (χ1) is 11.7. The van der Waals surface area contributed by atoms with Crippen LogP contribution in [0.3, 0.4) is 0 Å². The number of guanidine groups is 1. The minimum absolute atomic E-state index is 0. The summed E-state index contributed by atoms with van der Waals surface area (Å²) in [7, 11) is 3.82. The molecule has 7 heteroatoms. The summed E-state index contributed by atoms with van der Waals surface area (Å²) in [6.45, 7) is 3.54. The van der Waals surface area contributed by atoms with Crippen LogP contribution in [-0.2, 0) is 13.0 Å². The van der Waals surface area contributed by atoms with E-state index in [1.54, 1.807) is 18.4 Å². The monoisotopic (exact) mass is 470 g/mol. The second-order valence-corrected chi connectivity index (χ2v) is 6.75. The van der Waals surface area contributed by atoms with E-state index in [0.717, 1.165) is 52.9 Å². The Balaban J connectivity index is 0.00000225. The van der Waals surface area contributed by atoms with Gasteiger partial charge >= 0.3 is 0 Å². The molecule has 1 N–H and O–H groups in total. The van der Waals surface area contributed by atoms with Crippen molar-refractivity contribution in [2.45, 2.75) is 19.9 Å². The maximum atomic E-state index is 5.84. The summed E-state index contributed by atoms with van der Waals surface area (Å²) in [5, 5.41) is 7.71. The Morgan fingerprint density at radius 1 is 1.36 bits per heavy atom. The van der Waals surface area contributed by atoms with Gasteiger partial charge in [0.2, 0.25) is 0 Å². The molecule has 0 radical (unpaired) electrons. The molecule has 2 heterocycles. The van der Waals surface area contributed by atoms with Crippen LogP contribution in [-0.4, -0.2) is 36.5 Å². The molecule has 0 amide bonds. The molecule has 0 aliphatic heterocycles. The first-order valence-electron chi connectivity index (χ1n) is 7.96. The van der Waals surface area contributed by atoms with Crippen LogP contribution in [0.1, 0.15) is 16.5 Å². The molecule has 0 unspecified atom stereocenters. The lowest BCUT2D eigenvalue weighted by Crippen LogP contribution is -2.39. The molecule has 1 aromatic carbocycles. The Bertz CT molecular complexity index is 809. The fraction of sp³-hybridized carbons (Fsp3) is 0.333. The van der Waals surface area contributed by atoms with Gasteiger partial charge in [-0.25, -0.2) is 4.98 Å². The normalized spacial score (nSPS) is 11.4. The zero-order valence-corrected chi connectivity index (χ0v) is 17.8. The van der Waals surface area contributed by atoms with Gasteiger partial charge in [-0.1, -0.05) is 18.2 Å². The predicted molar refractivity (Wildman–Crippen MR) is 115 cm³/mol. The maximum Gasteiger partial charge on any atom is 0.193 e. The van der Waals surface area contributed by atoms with Crippen molar-refractivity contribution < 1.29 is 4.42 Å². The van der Waals surface area contributed by atoms with E-state index in [1.165, 1.54) is 0 Å². The van der Waals surface area contributed by atoms with Crippen LogP contribution in [0.5, 0.6) is 0 Å². The minimum Gasteiger partial charge on any atom is -0.461 e. The lowest BCUT2D eigenvalue weighted by atomic mass is 10.2. The fourth-order valence-electron chi connectivity index (χ4n) is 2.64. The predicted octanol–water partition coefficient (Wildman–Crippen LogP) is 4.07. The zero-order chi connectivity index (χ0) is 16.9. The van der Waals surface area contributed by atoms with Crippen molar-refractivity contribution in [3.63, 3.8) is 0 Å². The van der Waals surface area contributed by atoms with E-state index in [4.69, 9.17) is 4.42 Å². The van der Waals surface area contributed by atoms with Crippen molar-refractivity contribution in [3.05, 3.63) is 52.2 Å². The molecule has 5 nitrogen and oxygen atoms in total. The van der Waals surface area contributed by atoms with Crippen molar-refractivity contribution in [2.75, 3.05) is 20.6 Å². The molecule has 0 aliphatic rings. The van der Waals surface area contributed by atoms with Crippen LogP contribution < -0.4 is 5.32 Å². The number of aryl methyl sites for hydroxylation is 1. The summed E-state index contributed by atoms with van der Waals surface area (Å²) in [4.78, 5) is 10.9. The second-order valence-electron chi connectivity index (χ2n) is 5.69. The third-order valence-corrected chi connectivity index (χ3v) is 4.59. The van der Waals surface area contributed by atoms with E-state index in [-0.39, 0.29) is 24.0 Å². The van der Waals surface area contributed by atoms with Gasteiger partial charge in [-0.05, 0) is 19.1 Å². The quantitative estimate of drug-likeness (QED) is 0.347. The van der Waals surface area contributed by atoms with E-state index < -0.39 is 0 Å². The number of aromatic nitrogens is 1. The van der Waals surface area contributed by atoms with Gasteiger partial charge < -0.3 is 14.6 Å². The van der Waals surface area contributed by atoms with E-state index in [1.807, 2.05) is 32.2 Å². The zero-order valence-electron chi connectivity index (χ0n) is 14.7. The summed E-state index contributed by atoms with van der Waals surface area (Å²) in [5.74, 6) is 1.84. The second kappa shape index (κ2) is 9.19. The number of fused-ring (bicyclic) bond motifs is 1. The molecule has 0 bridgehead atoms. The molecule has 25 heavy (non-hydrogen) atoms. The molecular weight excluding hydrogens is 447 g/mol. The fourth-order valence-corrected chi connectivity index (χ4v) is 3.24. The van der Waals surface area contributed by atoms with E-state index in [0.29, 0.717) is 0 Å². The van der Waals surface area contributed by atoms with Gasteiger partial charge in [0.15, 0.2) is 5.96 Å². The Labute approximate surface area is 169 Å². The van der Waals surface area contributed by atoms with Gasteiger partial charge in [-0.15, -0.1) is 35.3 Å². The number of nitrogens with zero attached hydrogens (tertiary/aromatic N) is 3. The molecule has 2 aromatic heterocycles. The van der Waals surface area contributed by atoms with Crippen molar-refractivity contribution in [1.29, 1.82) is 0 Å². The van der Waals surface area contributed by atoms with Crippen LogP contribution >= 0.6 is 35.3 Å². The highest BCUT2D eigenvalue weighted by atomic mass is 127. The number of hydrogen-bond donors (Lipinski definition) is 1. The smallest absolute Gasteiger partial charge is 0.193 e. The van der Waals surface area contributed by atoms with Crippen LogP contribution in [0.25, 0.3) is 11.0 Å². The van der Waals surface area contributed by atoms with Crippen molar-refractivity contribution in [2.24, 2.45) is 4.99 Å². The molecule has 0 aliphatic carbocycles. The topological polar surface area (TPSA) is 53.7 Å². The lowest BCUT2D eigenvalue weighted by molar-refractivity contribution is 0.468. The summed E-state index contributed by atoms with van der Waals surface area (Å²) in [5.41, 5.74) is 2.01. The van der Waals surface area contributed by atoms with Gasteiger partial charge in [0, 0.05) is 37.8 Å². The lowest BCUT2D eigenvalue weighted by Gasteiger charge is -2.21. The number of benzene rings is 1. The number of furan rings is 1. The van der Waals surface area contributed by atoms with Gasteiger partial charge in [-0.3, -0.25) is 4.99 Å². The molecule has 3 aromatic rings. The highest BCUT2D eigenvalue weighted by molar-refractivity contribution is 14.0. The Kier molecular flexibility index (Phi) is 7.24. The molecule has 0 fully saturated rings. The standard InChI is InChI=1S/C18H22N4OS.HI/c1-13-21-15(12-24-13)11-22(3)18(19-2)20-9-8-16-10-14-6-4-5-7-17(14)23-16;/h4-7,10,12H,8-9,11H2,1-3H3,(H,19,20);1H. The van der Waals surface area contributed by atoms with Crippen LogP contribution in [0.15, 0.2) is 45.1 Å². The molecule has 0 saturated heterocycles. The van der Waals surface area contributed by atoms with E-state index in [9.17, 15) is 0 Å². The molecule has 0 saturated carbocycles. The maximum absolute atomic E-state index is 5.84. The number of hydrogen-bond acceptors (Lipinski definition) is 4. The highest BCUT2D eigenvalue weighted by Crippen LogP contribution is 2.18. The van der Waals surface area contributed by atoms with Crippen molar-refractivity contribution in [3.8, 4) is 0 Å². The number of aliphatic imine (C=N–C) groups is 1. The third kappa shape index (κ3) is 5.18. The number of thiazole rings is 1. The van der Waals surface area contributed by atoms with Crippen LogP contribution in [0.2, 0.25) is 0 Å². The summed E-state index contributed by atoms with van der Waals surface area (Å²) in [6.07, 6.45) is 0.817. The number of rotatable bonds is 5. The van der Waals surface area contributed by atoms with E-state index in [2.05, 4.69) is 37.7 Å². The first kappa shape index (κ1) is 19.7. The van der Waals surface area contributed by atoms with Gasteiger partial charge in [0.1, 0.15) is 11.3 Å². The Morgan fingerprint density at radius 2 is 2.16 bits per heavy atom. The minimum atomic E-state index is 0. The number of nitrogens with one attached hydrogen (secondary N) is 1. The highest BCUT2D eigenvalue weighted by Gasteiger charge is 2.09. The summed E-state index contributed by atoms with van der Waals surface area (Å²) in [6, 6.07) is 10.2. The SMILES string of the molecule is CN=C(NCCc1cc2ccccc2o1)N(C)Cc1csc(C)n1.I. The summed E-state index contributed by atoms with van der Waals surface area (Å²) >= 11 is 1.67. The first-order valence-corrected chi connectivity index (χ1v) is 8.84. The van der Waals surface area contributed by atoms with Crippen LogP contribution in [0, 0.1) is 6.92 Å². The van der Waals surface area contributed by atoms with Crippen molar-refractivity contribution >= 4 is 52.2 Å². The third-order valence-electron chi connectivity index (χ3n) is 3.77. The van der Waals surface area contributed by atoms with E-state index >= 15 is 0 Å². The molecule has 0 atom stereocenters. The van der Waals surface area contributed by atoms with Gasteiger partial charge in [0.25, 0.3) is 0 Å². The average Bonchev–Trinajstić information content (AvgIpc) is 3.16. The average molecular weight is 470 g/mol.